The highest BCUT2D eigenvalue weighted by Crippen LogP contribution is 2.39. The first-order chi connectivity index (χ1) is 19.8. The molecule has 2 aliphatic heterocycles. The topological polar surface area (TPSA) is 88.6 Å². The van der Waals surface area contributed by atoms with Gasteiger partial charge in [-0.2, -0.15) is 4.31 Å². The third-order valence-corrected chi connectivity index (χ3v) is 9.93. The minimum Gasteiger partial charge on any atom is -0.494 e. The molecule has 41 heavy (non-hydrogen) atoms. The predicted molar refractivity (Wildman–Crippen MR) is 163 cm³/mol. The normalized spacial score (nSPS) is 17.2. The molecule has 0 spiro atoms. The molecule has 0 aliphatic carbocycles. The number of morpholine rings is 1. The molecule has 0 radical (unpaired) electrons. The average Bonchev–Trinajstić information content (AvgIpc) is 3.38. The number of carbonyl (C=O) groups is 1. The van der Waals surface area contributed by atoms with Crippen molar-refractivity contribution in [1.29, 1.82) is 0 Å². The van der Waals surface area contributed by atoms with Crippen LogP contribution in [0, 0.1) is 0 Å². The lowest BCUT2D eigenvalue weighted by molar-refractivity contribution is -0.143. The maximum Gasteiger partial charge on any atom is 0.305 e. The van der Waals surface area contributed by atoms with Crippen LogP contribution in [0.15, 0.2) is 42.5 Å². The molecule has 3 heterocycles. The number of rotatable bonds is 11. The summed E-state index contributed by atoms with van der Waals surface area (Å²) >= 11 is 1.83. The molecule has 11 heteroatoms. The van der Waals surface area contributed by atoms with Crippen LogP contribution in [-0.4, -0.2) is 95.5 Å². The molecule has 0 atom stereocenters. The third-order valence-electron chi connectivity index (χ3n) is 7.47. The van der Waals surface area contributed by atoms with Gasteiger partial charge in [-0.1, -0.05) is 12.1 Å². The van der Waals surface area contributed by atoms with Crippen LogP contribution in [0.5, 0.6) is 5.75 Å². The van der Waals surface area contributed by atoms with Crippen LogP contribution in [0.2, 0.25) is 0 Å². The van der Waals surface area contributed by atoms with Crippen molar-refractivity contribution >= 4 is 43.1 Å². The van der Waals surface area contributed by atoms with Gasteiger partial charge in [0.25, 0.3) is 0 Å². The van der Waals surface area contributed by atoms with Gasteiger partial charge < -0.3 is 19.1 Å². The van der Waals surface area contributed by atoms with Crippen LogP contribution in [0.4, 0.5) is 5.69 Å². The molecule has 2 aliphatic rings. The Bertz CT molecular complexity index is 1430. The van der Waals surface area contributed by atoms with E-state index in [1.165, 1.54) is 26.9 Å². The summed E-state index contributed by atoms with van der Waals surface area (Å²) < 4.78 is 43.1. The van der Waals surface area contributed by atoms with E-state index in [4.69, 9.17) is 14.2 Å². The molecule has 2 aromatic carbocycles. The zero-order valence-electron chi connectivity index (χ0n) is 23.8. The van der Waals surface area contributed by atoms with Crippen molar-refractivity contribution in [2.75, 3.05) is 76.9 Å². The minimum absolute atomic E-state index is 0.191. The van der Waals surface area contributed by atoms with Crippen molar-refractivity contribution in [3.63, 3.8) is 0 Å². The maximum atomic E-state index is 11.9. The predicted octanol–water partition coefficient (Wildman–Crippen LogP) is 4.20. The number of hydrogen-bond acceptors (Lipinski definition) is 9. The van der Waals surface area contributed by atoms with Gasteiger partial charge in [0.1, 0.15) is 5.75 Å². The first-order valence-electron chi connectivity index (χ1n) is 14.3. The molecule has 5 rings (SSSR count). The largest absolute Gasteiger partial charge is 0.494 e. The smallest absolute Gasteiger partial charge is 0.305 e. The fraction of sp³-hybridized carbons (Fsp3) is 0.500. The van der Waals surface area contributed by atoms with Gasteiger partial charge in [-0.3, -0.25) is 9.69 Å². The number of piperazine rings is 1. The van der Waals surface area contributed by atoms with Crippen molar-refractivity contribution in [2.45, 2.75) is 26.3 Å². The van der Waals surface area contributed by atoms with Crippen LogP contribution in [0.25, 0.3) is 21.2 Å². The first kappa shape index (κ1) is 29.8. The van der Waals surface area contributed by atoms with E-state index >= 15 is 0 Å². The monoisotopic (exact) mass is 601 g/mol. The summed E-state index contributed by atoms with van der Waals surface area (Å²) in [6.07, 6.45) is 2.26. The number of carbonyl (C=O) groups excluding carboxylic acids is 1. The zero-order chi connectivity index (χ0) is 28.8. The van der Waals surface area contributed by atoms with Crippen LogP contribution in [0.3, 0.4) is 0 Å². The summed E-state index contributed by atoms with van der Waals surface area (Å²) in [4.78, 5) is 17.6. The van der Waals surface area contributed by atoms with E-state index in [2.05, 4.69) is 40.1 Å². The van der Waals surface area contributed by atoms with E-state index in [0.29, 0.717) is 39.1 Å². The van der Waals surface area contributed by atoms with E-state index in [0.717, 1.165) is 62.8 Å². The van der Waals surface area contributed by atoms with E-state index in [9.17, 15) is 13.2 Å². The van der Waals surface area contributed by atoms with E-state index in [1.54, 1.807) is 4.31 Å². The van der Waals surface area contributed by atoms with Crippen molar-refractivity contribution in [3.05, 3.63) is 47.3 Å². The molecule has 222 valence electrons. The number of nitrogens with zero attached hydrogens (tertiary/aromatic N) is 3. The fourth-order valence-corrected chi connectivity index (χ4v) is 7.34. The van der Waals surface area contributed by atoms with E-state index in [1.807, 2.05) is 30.4 Å². The molecular weight excluding hydrogens is 562 g/mol. The standard InChI is InChI=1S/C30H39N3O6S2/c1-3-38-29(34)5-4-16-39-26-8-6-23(7-9-26)24-19-25-20-27(22-31-10-12-33(13-11-31)41(2,35)36)40-30(25)28(21-24)32-14-17-37-18-15-32/h6-9,19-21H,3-5,10-18,22H2,1-2H3. The molecule has 3 aromatic rings. The van der Waals surface area contributed by atoms with E-state index in [-0.39, 0.29) is 5.97 Å². The number of thiophene rings is 1. The van der Waals surface area contributed by atoms with Crippen LogP contribution < -0.4 is 9.64 Å². The molecule has 0 unspecified atom stereocenters. The fourth-order valence-electron chi connectivity index (χ4n) is 5.29. The Kier molecular flexibility index (Phi) is 9.82. The number of ether oxygens (including phenoxy) is 3. The Morgan fingerprint density at radius 1 is 0.976 bits per heavy atom. The molecule has 0 amide bonds. The lowest BCUT2D eigenvalue weighted by Crippen LogP contribution is -2.47. The summed E-state index contributed by atoms with van der Waals surface area (Å²) in [7, 11) is -3.14. The quantitative estimate of drug-likeness (QED) is 0.239. The van der Waals surface area contributed by atoms with Crippen molar-refractivity contribution in [3.8, 4) is 16.9 Å². The summed E-state index contributed by atoms with van der Waals surface area (Å²) in [6, 6.07) is 15.0. The van der Waals surface area contributed by atoms with Crippen molar-refractivity contribution < 1.29 is 27.4 Å². The molecule has 2 fully saturated rings. The SMILES string of the molecule is CCOC(=O)CCCOc1ccc(-c2cc(N3CCOCC3)c3sc(CN4CCN(S(C)(=O)=O)CC4)cc3c2)cc1. The second-order valence-electron chi connectivity index (χ2n) is 10.4. The van der Waals surface area contributed by atoms with Gasteiger partial charge in [0.05, 0.1) is 43.1 Å². The molecule has 0 saturated carbocycles. The van der Waals surface area contributed by atoms with Gasteiger partial charge in [0.2, 0.25) is 10.0 Å². The minimum atomic E-state index is -3.14. The van der Waals surface area contributed by atoms with Crippen LogP contribution in [0.1, 0.15) is 24.6 Å². The van der Waals surface area contributed by atoms with E-state index < -0.39 is 10.0 Å². The van der Waals surface area contributed by atoms with Gasteiger partial charge >= 0.3 is 5.97 Å². The van der Waals surface area contributed by atoms with Gasteiger partial charge in [0, 0.05) is 57.1 Å². The van der Waals surface area contributed by atoms with Crippen LogP contribution in [-0.2, 0) is 30.8 Å². The molecule has 0 N–H and O–H groups in total. The van der Waals surface area contributed by atoms with Crippen molar-refractivity contribution in [2.24, 2.45) is 0 Å². The lowest BCUT2D eigenvalue weighted by atomic mass is 10.0. The number of sulfonamides is 1. The number of fused-ring (bicyclic) bond motifs is 1. The Hall–Kier alpha value is -2.70. The molecule has 9 nitrogen and oxygen atoms in total. The molecule has 1 aromatic heterocycles. The van der Waals surface area contributed by atoms with Gasteiger partial charge in [0.15, 0.2) is 0 Å². The highest BCUT2D eigenvalue weighted by Gasteiger charge is 2.24. The summed E-state index contributed by atoms with van der Waals surface area (Å²) in [6.45, 7) is 9.20. The molecule has 2 saturated heterocycles. The number of anilines is 1. The Balaban J connectivity index is 1.32. The lowest BCUT2D eigenvalue weighted by Gasteiger charge is -2.32. The van der Waals surface area contributed by atoms with Gasteiger partial charge in [-0.05, 0) is 60.2 Å². The number of hydrogen-bond donors (Lipinski definition) is 0. The van der Waals surface area contributed by atoms with Gasteiger partial charge in [-0.25, -0.2) is 8.42 Å². The summed E-state index contributed by atoms with van der Waals surface area (Å²) in [5.41, 5.74) is 3.50. The second kappa shape index (κ2) is 13.5. The molecule has 0 bridgehead atoms. The average molecular weight is 602 g/mol. The number of esters is 1. The number of benzene rings is 2. The van der Waals surface area contributed by atoms with Crippen LogP contribution >= 0.6 is 11.3 Å². The highest BCUT2D eigenvalue weighted by molar-refractivity contribution is 7.88. The maximum absolute atomic E-state index is 11.9. The Morgan fingerprint density at radius 3 is 2.39 bits per heavy atom. The Morgan fingerprint density at radius 2 is 1.71 bits per heavy atom. The Labute approximate surface area is 246 Å². The van der Waals surface area contributed by atoms with Crippen molar-refractivity contribution in [1.82, 2.24) is 9.21 Å². The first-order valence-corrected chi connectivity index (χ1v) is 16.9. The zero-order valence-corrected chi connectivity index (χ0v) is 25.5. The summed E-state index contributed by atoms with van der Waals surface area (Å²) in [5, 5.41) is 1.22. The summed E-state index contributed by atoms with van der Waals surface area (Å²) in [5.74, 6) is 0.588. The second-order valence-corrected chi connectivity index (χ2v) is 13.6. The molecular formula is C30H39N3O6S2. The highest BCUT2D eigenvalue weighted by atomic mass is 32.2. The van der Waals surface area contributed by atoms with Gasteiger partial charge in [-0.15, -0.1) is 11.3 Å². The third kappa shape index (κ3) is 7.78.